The molecule has 2 aromatic rings. The Morgan fingerprint density at radius 3 is 2.68 bits per heavy atom. The first-order valence-corrected chi connectivity index (χ1v) is 8.63. The zero-order valence-electron chi connectivity index (χ0n) is 14.5. The summed E-state index contributed by atoms with van der Waals surface area (Å²) in [4.78, 5) is 6.76. The Morgan fingerprint density at radius 2 is 2.00 bits per heavy atom. The molecule has 0 spiro atoms. The molecule has 8 nitrogen and oxygen atoms in total. The number of hydrazine groups is 1. The number of benzene rings is 1. The van der Waals surface area contributed by atoms with Crippen molar-refractivity contribution in [2.75, 3.05) is 50.6 Å². The molecule has 1 aromatic carbocycles. The van der Waals surface area contributed by atoms with Gasteiger partial charge in [-0.25, -0.2) is 5.43 Å². The highest BCUT2D eigenvalue weighted by atomic mass is 32.1. The highest BCUT2D eigenvalue weighted by Crippen LogP contribution is 2.16. The molecule has 0 radical (unpaired) electrons. The van der Waals surface area contributed by atoms with E-state index in [0.717, 1.165) is 18.7 Å². The third-order valence-corrected chi connectivity index (χ3v) is 4.43. The van der Waals surface area contributed by atoms with Crippen LogP contribution in [-0.4, -0.2) is 65.3 Å². The molecule has 1 saturated heterocycles. The lowest BCUT2D eigenvalue weighted by molar-refractivity contribution is 0.122. The molecular weight excluding hydrogens is 338 g/mol. The average molecular weight is 361 g/mol. The van der Waals surface area contributed by atoms with Gasteiger partial charge >= 0.3 is 0 Å². The van der Waals surface area contributed by atoms with E-state index in [4.69, 9.17) is 17.0 Å². The van der Waals surface area contributed by atoms with Crippen LogP contribution in [0.2, 0.25) is 0 Å². The molecule has 0 aliphatic carbocycles. The van der Waals surface area contributed by atoms with Crippen molar-refractivity contribution in [3.63, 3.8) is 0 Å². The molecule has 1 aromatic heterocycles. The predicted octanol–water partition coefficient (Wildman–Crippen LogP) is 0.926. The number of hydrogen-bond donors (Lipinski definition) is 2. The van der Waals surface area contributed by atoms with Gasteiger partial charge in [-0.2, -0.15) is 9.67 Å². The second-order valence-electron chi connectivity index (χ2n) is 5.65. The van der Waals surface area contributed by atoms with Gasteiger partial charge in [0.15, 0.2) is 0 Å². The SMILES string of the molecule is CNN(C)C(=S)n1nc(N2CCOCC2)nc1NCc1ccccc1. The van der Waals surface area contributed by atoms with Crippen molar-refractivity contribution in [1.29, 1.82) is 0 Å². The first kappa shape index (κ1) is 17.6. The number of nitrogens with zero attached hydrogens (tertiary/aromatic N) is 5. The van der Waals surface area contributed by atoms with Gasteiger partial charge < -0.3 is 15.0 Å². The molecule has 0 atom stereocenters. The van der Waals surface area contributed by atoms with Crippen molar-refractivity contribution in [2.45, 2.75) is 6.54 Å². The van der Waals surface area contributed by atoms with Crippen molar-refractivity contribution < 1.29 is 4.74 Å². The lowest BCUT2D eigenvalue weighted by atomic mass is 10.2. The summed E-state index contributed by atoms with van der Waals surface area (Å²) in [6.45, 7) is 3.56. The Hall–Kier alpha value is -2.23. The van der Waals surface area contributed by atoms with E-state index in [1.807, 2.05) is 32.3 Å². The van der Waals surface area contributed by atoms with Gasteiger partial charge in [0.2, 0.25) is 17.0 Å². The Labute approximate surface area is 152 Å². The smallest absolute Gasteiger partial charge is 0.247 e. The Balaban J connectivity index is 1.82. The lowest BCUT2D eigenvalue weighted by Gasteiger charge is -2.25. The van der Waals surface area contributed by atoms with E-state index < -0.39 is 0 Å². The summed E-state index contributed by atoms with van der Waals surface area (Å²) in [6, 6.07) is 10.2. The minimum atomic E-state index is 0.519. The number of aromatic nitrogens is 3. The molecule has 0 amide bonds. The van der Waals surface area contributed by atoms with Gasteiger partial charge in [-0.15, -0.1) is 5.10 Å². The summed E-state index contributed by atoms with van der Waals surface area (Å²) in [6.07, 6.45) is 0. The Bertz CT molecular complexity index is 700. The van der Waals surface area contributed by atoms with Crippen LogP contribution in [0.3, 0.4) is 0 Å². The zero-order chi connectivity index (χ0) is 17.6. The third-order valence-electron chi connectivity index (χ3n) is 3.99. The normalized spacial score (nSPS) is 14.4. The molecular formula is C16H23N7OS. The van der Waals surface area contributed by atoms with Crippen molar-refractivity contribution >= 4 is 29.2 Å². The summed E-state index contributed by atoms with van der Waals surface area (Å²) < 4.78 is 7.06. The summed E-state index contributed by atoms with van der Waals surface area (Å²) in [7, 11) is 3.66. The van der Waals surface area contributed by atoms with Crippen LogP contribution in [0, 0.1) is 0 Å². The molecule has 0 bridgehead atoms. The first-order chi connectivity index (χ1) is 12.2. The minimum Gasteiger partial charge on any atom is -0.378 e. The number of anilines is 2. The van der Waals surface area contributed by atoms with Crippen LogP contribution < -0.4 is 15.6 Å². The first-order valence-electron chi connectivity index (χ1n) is 8.22. The van der Waals surface area contributed by atoms with Gasteiger partial charge in [-0.3, -0.25) is 5.01 Å². The zero-order valence-corrected chi connectivity index (χ0v) is 15.3. The van der Waals surface area contributed by atoms with E-state index in [9.17, 15) is 0 Å². The van der Waals surface area contributed by atoms with Gasteiger partial charge in [0.05, 0.1) is 13.2 Å². The molecule has 134 valence electrons. The van der Waals surface area contributed by atoms with Crippen molar-refractivity contribution in [3.05, 3.63) is 35.9 Å². The van der Waals surface area contributed by atoms with Gasteiger partial charge in [0.1, 0.15) is 0 Å². The summed E-state index contributed by atoms with van der Waals surface area (Å²) >= 11 is 5.52. The number of thiocarbonyl (C=S) groups is 1. The van der Waals surface area contributed by atoms with Crippen LogP contribution in [0.15, 0.2) is 30.3 Å². The van der Waals surface area contributed by atoms with Crippen molar-refractivity contribution in [3.8, 4) is 0 Å². The molecule has 0 saturated carbocycles. The highest BCUT2D eigenvalue weighted by molar-refractivity contribution is 7.80. The standard InChI is InChI=1S/C16H23N7OS/c1-17-21(2)16(25)23-14(18-12-13-6-4-3-5-7-13)19-15(20-23)22-8-10-24-11-9-22/h3-7,17H,8-12H2,1-2H3,(H,18,19,20). The van der Waals surface area contributed by atoms with Gasteiger partial charge in [0.25, 0.3) is 0 Å². The number of rotatable bonds is 5. The maximum atomic E-state index is 5.52. The molecule has 1 aliphatic rings. The second kappa shape index (κ2) is 8.24. The number of ether oxygens (including phenoxy) is 1. The fourth-order valence-corrected chi connectivity index (χ4v) is 2.68. The van der Waals surface area contributed by atoms with E-state index in [2.05, 4.69) is 37.9 Å². The van der Waals surface area contributed by atoms with Crippen LogP contribution >= 0.6 is 12.2 Å². The third kappa shape index (κ3) is 4.25. The molecule has 3 rings (SSSR count). The van der Waals surface area contributed by atoms with Crippen LogP contribution in [0.25, 0.3) is 0 Å². The van der Waals surface area contributed by atoms with Crippen LogP contribution in [0.4, 0.5) is 11.9 Å². The summed E-state index contributed by atoms with van der Waals surface area (Å²) in [5, 5.41) is 10.2. The number of morpholine rings is 1. The van der Waals surface area contributed by atoms with Crippen molar-refractivity contribution in [1.82, 2.24) is 25.2 Å². The minimum absolute atomic E-state index is 0.519. The molecule has 1 aliphatic heterocycles. The van der Waals surface area contributed by atoms with E-state index in [0.29, 0.717) is 36.8 Å². The van der Waals surface area contributed by atoms with Gasteiger partial charge in [-0.05, 0) is 17.8 Å². The van der Waals surface area contributed by atoms with E-state index >= 15 is 0 Å². The molecule has 25 heavy (non-hydrogen) atoms. The number of hydrogen-bond acceptors (Lipinski definition) is 7. The monoisotopic (exact) mass is 361 g/mol. The summed E-state index contributed by atoms with van der Waals surface area (Å²) in [5.41, 5.74) is 4.16. The molecule has 2 heterocycles. The Kier molecular flexibility index (Phi) is 5.79. The fourth-order valence-electron chi connectivity index (χ4n) is 2.46. The van der Waals surface area contributed by atoms with Crippen LogP contribution in [0.1, 0.15) is 5.56 Å². The second-order valence-corrected chi connectivity index (χ2v) is 6.02. The van der Waals surface area contributed by atoms with Crippen LogP contribution in [0.5, 0.6) is 0 Å². The largest absolute Gasteiger partial charge is 0.378 e. The topological polar surface area (TPSA) is 70.5 Å². The van der Waals surface area contributed by atoms with E-state index in [-0.39, 0.29) is 0 Å². The van der Waals surface area contributed by atoms with Gasteiger partial charge in [-0.1, -0.05) is 30.3 Å². The van der Waals surface area contributed by atoms with E-state index in [1.54, 1.807) is 9.69 Å². The lowest BCUT2D eigenvalue weighted by Crippen LogP contribution is -2.40. The average Bonchev–Trinajstić information content (AvgIpc) is 3.11. The fraction of sp³-hybridized carbons (Fsp3) is 0.438. The van der Waals surface area contributed by atoms with Gasteiger partial charge in [0, 0.05) is 33.7 Å². The van der Waals surface area contributed by atoms with E-state index in [1.165, 1.54) is 0 Å². The molecule has 0 unspecified atom stereocenters. The summed E-state index contributed by atoms with van der Waals surface area (Å²) in [5.74, 6) is 1.28. The molecule has 2 N–H and O–H groups in total. The maximum Gasteiger partial charge on any atom is 0.247 e. The Morgan fingerprint density at radius 1 is 1.28 bits per heavy atom. The quantitative estimate of drug-likeness (QED) is 0.602. The maximum absolute atomic E-state index is 5.52. The number of nitrogens with one attached hydrogen (secondary N) is 2. The highest BCUT2D eigenvalue weighted by Gasteiger charge is 2.21. The molecule has 9 heteroatoms. The molecule has 1 fully saturated rings. The van der Waals surface area contributed by atoms with Crippen molar-refractivity contribution in [2.24, 2.45) is 0 Å². The van der Waals surface area contributed by atoms with Crippen LogP contribution in [-0.2, 0) is 11.3 Å². The predicted molar refractivity (Wildman–Crippen MR) is 102 cm³/mol.